The van der Waals surface area contributed by atoms with Gasteiger partial charge in [-0.2, -0.15) is 0 Å². The summed E-state index contributed by atoms with van der Waals surface area (Å²) in [5, 5.41) is 0. The van der Waals surface area contributed by atoms with E-state index in [-0.39, 0.29) is 10.8 Å². The van der Waals surface area contributed by atoms with Gasteiger partial charge in [-0.3, -0.25) is 0 Å². The van der Waals surface area contributed by atoms with E-state index in [4.69, 9.17) is 0 Å². The van der Waals surface area contributed by atoms with Gasteiger partial charge in [-0.1, -0.05) is 0 Å². The van der Waals surface area contributed by atoms with Gasteiger partial charge in [0.2, 0.25) is 0 Å². The predicted octanol–water partition coefficient (Wildman–Crippen LogP) is 13.0. The fraction of sp³-hybridized carbons (Fsp3) is 0.396. The number of hydrogen-bond donors (Lipinski definition) is 0. The van der Waals surface area contributed by atoms with Crippen molar-refractivity contribution in [1.82, 2.24) is 0 Å². The zero-order chi connectivity index (χ0) is 35.4. The van der Waals surface area contributed by atoms with E-state index in [1.54, 1.807) is 28.8 Å². The minimum absolute atomic E-state index is 0.0735. The summed E-state index contributed by atoms with van der Waals surface area (Å²) < 4.78 is 3.80. The van der Waals surface area contributed by atoms with E-state index < -0.39 is 21.3 Å². The zero-order valence-corrected chi connectivity index (χ0v) is 34.7. The predicted molar refractivity (Wildman–Crippen MR) is 210 cm³/mol. The van der Waals surface area contributed by atoms with Crippen LogP contribution in [0.15, 0.2) is 118 Å². The molecule has 0 fully saturated rings. The molecule has 49 heavy (non-hydrogen) atoms. The molecular weight excluding hydrogens is 668 g/mol. The Morgan fingerprint density at radius 1 is 0.571 bits per heavy atom. The molecule has 0 spiro atoms. The molecule has 0 bridgehead atoms. The average Bonchev–Trinajstić information content (AvgIpc) is 3.60. The summed E-state index contributed by atoms with van der Waals surface area (Å²) in [5.74, 6) is 2.02. The SMILES string of the molecule is CC(C)C1=C(C(C)C)C(C(C)C)[C]([Zr](=[C](c2ccccc2)c2ccccc2)[CH]2c3cc(C(C)(C)C)ccc3-c3ccc(C(C)(C)C)cc32)=C1. The van der Waals surface area contributed by atoms with Crippen molar-refractivity contribution in [3.63, 3.8) is 0 Å². The van der Waals surface area contributed by atoms with Gasteiger partial charge in [-0.15, -0.1) is 0 Å². The van der Waals surface area contributed by atoms with Gasteiger partial charge < -0.3 is 0 Å². The maximum absolute atomic E-state index is 2.99. The first-order valence-electron chi connectivity index (χ1n) is 18.7. The summed E-state index contributed by atoms with van der Waals surface area (Å²) in [4.78, 5) is 0. The molecule has 0 saturated carbocycles. The van der Waals surface area contributed by atoms with Gasteiger partial charge in [0.05, 0.1) is 0 Å². The zero-order valence-electron chi connectivity index (χ0n) is 32.2. The van der Waals surface area contributed by atoms with Crippen molar-refractivity contribution in [2.45, 2.75) is 97.5 Å². The molecule has 0 aliphatic heterocycles. The van der Waals surface area contributed by atoms with Gasteiger partial charge in [0.15, 0.2) is 0 Å². The Morgan fingerprint density at radius 3 is 1.39 bits per heavy atom. The van der Waals surface area contributed by atoms with Crippen LogP contribution >= 0.6 is 0 Å². The van der Waals surface area contributed by atoms with Gasteiger partial charge in [-0.25, -0.2) is 0 Å². The first-order valence-corrected chi connectivity index (χ1v) is 22.6. The Morgan fingerprint density at radius 2 is 1.02 bits per heavy atom. The molecule has 0 aromatic heterocycles. The van der Waals surface area contributed by atoms with Crippen LogP contribution in [0.3, 0.4) is 0 Å². The average molecular weight is 726 g/mol. The molecule has 0 amide bonds. The Balaban J connectivity index is 1.81. The molecule has 0 N–H and O–H groups in total. The van der Waals surface area contributed by atoms with E-state index in [1.165, 1.54) is 33.4 Å². The van der Waals surface area contributed by atoms with Crippen LogP contribution in [0.2, 0.25) is 0 Å². The van der Waals surface area contributed by atoms with E-state index in [9.17, 15) is 0 Å². The van der Waals surface area contributed by atoms with Gasteiger partial charge in [0.25, 0.3) is 0 Å². The van der Waals surface area contributed by atoms with E-state index in [2.05, 4.69) is 186 Å². The molecule has 0 saturated heterocycles. The third-order valence-corrected chi connectivity index (χ3v) is 19.3. The Hall–Kier alpha value is -2.89. The van der Waals surface area contributed by atoms with Crippen molar-refractivity contribution in [2.24, 2.45) is 23.7 Å². The van der Waals surface area contributed by atoms with Gasteiger partial charge in [-0.05, 0) is 0 Å². The Kier molecular flexibility index (Phi) is 10.0. The van der Waals surface area contributed by atoms with Crippen LogP contribution in [0, 0.1) is 23.7 Å². The molecular formula is C48H58Zr. The second-order valence-electron chi connectivity index (χ2n) is 17.6. The number of benzene rings is 4. The third kappa shape index (κ3) is 6.79. The molecule has 1 heteroatoms. The third-order valence-electron chi connectivity index (χ3n) is 11.0. The molecule has 4 aromatic rings. The Labute approximate surface area is 305 Å². The maximum atomic E-state index is 2.77. The van der Waals surface area contributed by atoms with E-state index in [0.29, 0.717) is 27.3 Å². The molecule has 0 nitrogen and oxygen atoms in total. The fourth-order valence-electron chi connectivity index (χ4n) is 8.49. The molecule has 0 radical (unpaired) electrons. The topological polar surface area (TPSA) is 0 Å². The molecule has 2 aliphatic rings. The van der Waals surface area contributed by atoms with Crippen molar-refractivity contribution in [3.8, 4) is 11.1 Å². The van der Waals surface area contributed by atoms with Gasteiger partial charge >= 0.3 is 308 Å². The first kappa shape index (κ1) is 35.9. The van der Waals surface area contributed by atoms with Crippen LogP contribution in [0.1, 0.15) is 120 Å². The normalized spacial score (nSPS) is 16.5. The van der Waals surface area contributed by atoms with Crippen molar-refractivity contribution in [1.29, 1.82) is 0 Å². The second-order valence-corrected chi connectivity index (χ2v) is 23.7. The number of rotatable bonds is 7. The van der Waals surface area contributed by atoms with Crippen LogP contribution in [0.25, 0.3) is 11.1 Å². The van der Waals surface area contributed by atoms with Crippen LogP contribution < -0.4 is 0 Å². The van der Waals surface area contributed by atoms with E-state index in [0.717, 1.165) is 0 Å². The van der Waals surface area contributed by atoms with Crippen molar-refractivity contribution < 1.29 is 21.3 Å². The number of allylic oxidation sites excluding steroid dienone is 4. The van der Waals surface area contributed by atoms with E-state index in [1.807, 2.05) is 0 Å². The molecule has 6 rings (SSSR count). The van der Waals surface area contributed by atoms with Gasteiger partial charge in [0, 0.05) is 0 Å². The summed E-state index contributed by atoms with van der Waals surface area (Å²) in [6.07, 6.45) is 2.77. The molecule has 1 unspecified atom stereocenters. The van der Waals surface area contributed by atoms with Crippen molar-refractivity contribution in [3.05, 3.63) is 151 Å². The molecule has 2 aliphatic carbocycles. The van der Waals surface area contributed by atoms with Crippen LogP contribution in [0.4, 0.5) is 0 Å². The standard InChI is InChI=1S/C21H25.C14H23.C13H10.Zr/c1-20(2,3)16-7-9-18-14(12-16)11-15-13-17(21(4,5)6)8-10-19(15)18;1-9(2)12-7-8-13(10(3)4)14(12)11(5)6;1-3-7-12(8-4-1)11-13-9-5-2-6-10-13;/h7-13H,1-6H3;7,9-11,13H,1-6H3;1-10H;. The molecule has 254 valence electrons. The monoisotopic (exact) mass is 724 g/mol. The van der Waals surface area contributed by atoms with Crippen LogP contribution in [-0.2, 0) is 32.1 Å². The number of fused-ring (bicyclic) bond motifs is 3. The second kappa shape index (κ2) is 13.7. The van der Waals surface area contributed by atoms with Gasteiger partial charge in [0.1, 0.15) is 0 Å². The molecule has 0 heterocycles. The summed E-state index contributed by atoms with van der Waals surface area (Å²) in [6.45, 7) is 28.9. The first-order chi connectivity index (χ1) is 23.1. The van der Waals surface area contributed by atoms with Crippen molar-refractivity contribution in [2.75, 3.05) is 0 Å². The molecule has 4 aromatic carbocycles. The summed E-state index contributed by atoms with van der Waals surface area (Å²) in [6, 6.07) is 38.0. The van der Waals surface area contributed by atoms with E-state index >= 15 is 0 Å². The fourth-order valence-corrected chi connectivity index (χ4v) is 18.6. The number of hydrogen-bond acceptors (Lipinski definition) is 0. The minimum atomic E-state index is -2.99. The summed E-state index contributed by atoms with van der Waals surface area (Å²) in [5.41, 5.74) is 15.2. The van der Waals surface area contributed by atoms with Crippen molar-refractivity contribution >= 4 is 3.21 Å². The summed E-state index contributed by atoms with van der Waals surface area (Å²) in [7, 11) is 0. The summed E-state index contributed by atoms with van der Waals surface area (Å²) >= 11 is -2.99. The Bertz CT molecular complexity index is 1830. The quantitative estimate of drug-likeness (QED) is 0.178. The molecule has 1 atom stereocenters. The van der Waals surface area contributed by atoms with Crippen LogP contribution in [0.5, 0.6) is 0 Å². The van der Waals surface area contributed by atoms with Crippen LogP contribution in [-0.4, -0.2) is 3.21 Å².